The van der Waals surface area contributed by atoms with E-state index in [0.29, 0.717) is 6.54 Å². The summed E-state index contributed by atoms with van der Waals surface area (Å²) < 4.78 is 5.47. The number of pyridine rings is 1. The van der Waals surface area contributed by atoms with Gasteiger partial charge in [-0.1, -0.05) is 6.92 Å². The lowest BCUT2D eigenvalue weighted by Crippen LogP contribution is -2.27. The Hall–Kier alpha value is -1.13. The Morgan fingerprint density at radius 3 is 3.00 bits per heavy atom. The van der Waals surface area contributed by atoms with Crippen LogP contribution in [0, 0.1) is 0 Å². The number of ether oxygens (including phenoxy) is 1. The molecular weight excluding hydrogens is 214 g/mol. The Morgan fingerprint density at radius 1 is 1.35 bits per heavy atom. The second kappa shape index (κ2) is 5.98. The maximum absolute atomic E-state index is 5.73. The molecular formula is C13H21N3O. The first kappa shape index (κ1) is 12.3. The second-order valence-electron chi connectivity index (χ2n) is 4.34. The fraction of sp³-hybridized carbons (Fsp3) is 0.615. The lowest BCUT2D eigenvalue weighted by atomic mass is 10.2. The highest BCUT2D eigenvalue weighted by Gasteiger charge is 2.12. The fourth-order valence-electron chi connectivity index (χ4n) is 2.07. The van der Waals surface area contributed by atoms with E-state index < -0.39 is 0 Å². The van der Waals surface area contributed by atoms with E-state index in [-0.39, 0.29) is 0 Å². The highest BCUT2D eigenvalue weighted by molar-refractivity contribution is 5.43. The number of aromatic nitrogens is 1. The zero-order valence-corrected chi connectivity index (χ0v) is 10.5. The fourth-order valence-corrected chi connectivity index (χ4v) is 2.07. The van der Waals surface area contributed by atoms with Crippen LogP contribution in [0.2, 0.25) is 0 Å². The molecule has 4 nitrogen and oxygen atoms in total. The molecule has 1 fully saturated rings. The number of hydrogen-bond donors (Lipinski definition) is 1. The van der Waals surface area contributed by atoms with Gasteiger partial charge >= 0.3 is 0 Å². The second-order valence-corrected chi connectivity index (χ2v) is 4.34. The van der Waals surface area contributed by atoms with Crippen LogP contribution in [0.1, 0.15) is 24.6 Å². The van der Waals surface area contributed by atoms with Crippen LogP contribution in [0.25, 0.3) is 0 Å². The van der Waals surface area contributed by atoms with Crippen LogP contribution in [0.5, 0.6) is 0 Å². The SMILES string of the molecule is CCc1cc(CN)cc(N2CCCOCC2)n1. The molecule has 0 aliphatic carbocycles. The topological polar surface area (TPSA) is 51.4 Å². The highest BCUT2D eigenvalue weighted by atomic mass is 16.5. The quantitative estimate of drug-likeness (QED) is 0.858. The van der Waals surface area contributed by atoms with Crippen LogP contribution >= 0.6 is 0 Å². The van der Waals surface area contributed by atoms with Gasteiger partial charge in [0.2, 0.25) is 0 Å². The molecule has 0 saturated carbocycles. The minimum atomic E-state index is 0.576. The highest BCUT2D eigenvalue weighted by Crippen LogP contribution is 2.17. The number of nitrogens with zero attached hydrogens (tertiary/aromatic N) is 2. The smallest absolute Gasteiger partial charge is 0.129 e. The van der Waals surface area contributed by atoms with Crippen LogP contribution < -0.4 is 10.6 Å². The van der Waals surface area contributed by atoms with Crippen LogP contribution in [0.3, 0.4) is 0 Å². The van der Waals surface area contributed by atoms with Crippen LogP contribution in [-0.2, 0) is 17.7 Å². The van der Waals surface area contributed by atoms with E-state index in [1.54, 1.807) is 0 Å². The molecule has 0 amide bonds. The van der Waals surface area contributed by atoms with Crippen LogP contribution in [-0.4, -0.2) is 31.3 Å². The Labute approximate surface area is 103 Å². The molecule has 1 aliphatic heterocycles. The first-order chi connectivity index (χ1) is 8.33. The number of hydrogen-bond acceptors (Lipinski definition) is 4. The van der Waals surface area contributed by atoms with E-state index in [9.17, 15) is 0 Å². The van der Waals surface area contributed by atoms with Gasteiger partial charge in [-0.25, -0.2) is 4.98 Å². The summed E-state index contributed by atoms with van der Waals surface area (Å²) in [7, 11) is 0. The van der Waals surface area contributed by atoms with Gasteiger partial charge in [-0.05, 0) is 30.5 Å². The summed E-state index contributed by atoms with van der Waals surface area (Å²) in [4.78, 5) is 6.98. The Balaban J connectivity index is 2.22. The van der Waals surface area contributed by atoms with Crippen molar-refractivity contribution in [3.05, 3.63) is 23.4 Å². The standard InChI is InChI=1S/C13H21N3O/c1-2-12-8-11(10-14)9-13(15-12)16-4-3-6-17-7-5-16/h8-9H,2-7,10,14H2,1H3. The van der Waals surface area contributed by atoms with Crippen molar-refractivity contribution in [3.8, 4) is 0 Å². The van der Waals surface area contributed by atoms with Gasteiger partial charge in [-0.2, -0.15) is 0 Å². The first-order valence-corrected chi connectivity index (χ1v) is 6.36. The summed E-state index contributed by atoms with van der Waals surface area (Å²) >= 11 is 0. The Bertz CT molecular complexity index is 337. The van der Waals surface area contributed by atoms with Gasteiger partial charge < -0.3 is 15.4 Å². The van der Waals surface area contributed by atoms with E-state index in [2.05, 4.69) is 28.9 Å². The summed E-state index contributed by atoms with van der Waals surface area (Å²) in [6.45, 7) is 6.28. The molecule has 1 aromatic rings. The lowest BCUT2D eigenvalue weighted by molar-refractivity contribution is 0.152. The van der Waals surface area contributed by atoms with Gasteiger partial charge in [-0.15, -0.1) is 0 Å². The largest absolute Gasteiger partial charge is 0.380 e. The Morgan fingerprint density at radius 2 is 2.24 bits per heavy atom. The van der Waals surface area contributed by atoms with Crippen molar-refractivity contribution in [2.75, 3.05) is 31.2 Å². The maximum atomic E-state index is 5.73. The van der Waals surface area contributed by atoms with Crippen molar-refractivity contribution >= 4 is 5.82 Å². The minimum Gasteiger partial charge on any atom is -0.380 e. The van der Waals surface area contributed by atoms with Crippen molar-refractivity contribution in [1.29, 1.82) is 0 Å². The molecule has 1 aliphatic rings. The predicted molar refractivity (Wildman–Crippen MR) is 69.2 cm³/mol. The molecule has 0 unspecified atom stereocenters. The normalized spacial score (nSPS) is 16.9. The third kappa shape index (κ3) is 3.17. The summed E-state index contributed by atoms with van der Waals surface area (Å²) in [6.07, 6.45) is 2.02. The molecule has 17 heavy (non-hydrogen) atoms. The molecule has 0 bridgehead atoms. The number of nitrogens with two attached hydrogens (primary N) is 1. The van der Waals surface area contributed by atoms with E-state index in [1.165, 1.54) is 0 Å². The first-order valence-electron chi connectivity index (χ1n) is 6.36. The average molecular weight is 235 g/mol. The van der Waals surface area contributed by atoms with Gasteiger partial charge in [0, 0.05) is 31.9 Å². The molecule has 1 aromatic heterocycles. The van der Waals surface area contributed by atoms with Gasteiger partial charge in [0.1, 0.15) is 5.82 Å². The predicted octanol–water partition coefficient (Wildman–Crippen LogP) is 1.33. The maximum Gasteiger partial charge on any atom is 0.129 e. The van der Waals surface area contributed by atoms with Crippen molar-refractivity contribution in [1.82, 2.24) is 4.98 Å². The van der Waals surface area contributed by atoms with E-state index in [0.717, 1.165) is 56.2 Å². The van der Waals surface area contributed by atoms with Gasteiger partial charge in [-0.3, -0.25) is 0 Å². The van der Waals surface area contributed by atoms with E-state index in [4.69, 9.17) is 10.5 Å². The molecule has 0 aromatic carbocycles. The zero-order chi connectivity index (χ0) is 12.1. The molecule has 0 atom stereocenters. The summed E-state index contributed by atoms with van der Waals surface area (Å²) in [5.74, 6) is 1.05. The number of anilines is 1. The van der Waals surface area contributed by atoms with E-state index in [1.807, 2.05) is 0 Å². The number of rotatable bonds is 3. The molecule has 2 heterocycles. The summed E-state index contributed by atoms with van der Waals surface area (Å²) in [5.41, 5.74) is 8.01. The molecule has 2 rings (SSSR count). The van der Waals surface area contributed by atoms with Crippen molar-refractivity contribution in [2.24, 2.45) is 5.73 Å². The molecule has 2 N–H and O–H groups in total. The van der Waals surface area contributed by atoms with Gasteiger partial charge in [0.05, 0.1) is 6.61 Å². The third-order valence-corrected chi connectivity index (χ3v) is 3.07. The molecule has 4 heteroatoms. The molecule has 0 spiro atoms. The third-order valence-electron chi connectivity index (χ3n) is 3.07. The van der Waals surface area contributed by atoms with Crippen LogP contribution in [0.4, 0.5) is 5.82 Å². The molecule has 1 saturated heterocycles. The zero-order valence-electron chi connectivity index (χ0n) is 10.5. The summed E-state index contributed by atoms with van der Waals surface area (Å²) in [5, 5.41) is 0. The summed E-state index contributed by atoms with van der Waals surface area (Å²) in [6, 6.07) is 4.20. The average Bonchev–Trinajstić information content (AvgIpc) is 2.67. The Kier molecular flexibility index (Phi) is 4.34. The van der Waals surface area contributed by atoms with Gasteiger partial charge in [0.25, 0.3) is 0 Å². The van der Waals surface area contributed by atoms with Crippen molar-refractivity contribution in [2.45, 2.75) is 26.3 Å². The lowest BCUT2D eigenvalue weighted by Gasteiger charge is -2.22. The number of aryl methyl sites for hydroxylation is 1. The van der Waals surface area contributed by atoms with E-state index >= 15 is 0 Å². The van der Waals surface area contributed by atoms with Crippen molar-refractivity contribution < 1.29 is 4.74 Å². The van der Waals surface area contributed by atoms with Crippen LogP contribution in [0.15, 0.2) is 12.1 Å². The molecule has 94 valence electrons. The molecule has 0 radical (unpaired) electrons. The van der Waals surface area contributed by atoms with Crippen molar-refractivity contribution in [3.63, 3.8) is 0 Å². The minimum absolute atomic E-state index is 0.576. The monoisotopic (exact) mass is 235 g/mol. The van der Waals surface area contributed by atoms with Gasteiger partial charge in [0.15, 0.2) is 0 Å².